The Morgan fingerprint density at radius 2 is 1.79 bits per heavy atom. The zero-order valence-corrected chi connectivity index (χ0v) is 14.6. The number of benzene rings is 1. The molecular formula is C17H22ClN3O3. The fourth-order valence-corrected chi connectivity index (χ4v) is 3.00. The van der Waals surface area contributed by atoms with E-state index in [1.807, 2.05) is 4.90 Å². The summed E-state index contributed by atoms with van der Waals surface area (Å²) < 4.78 is 0. The SMILES string of the molecule is CC(C)N1CCN(C(=O)c2ccc3[nH]c(C(=O)O)cc3c2)CC1.Cl. The number of carbonyl (C=O) groups is 2. The van der Waals surface area contributed by atoms with E-state index in [4.69, 9.17) is 5.11 Å². The van der Waals surface area contributed by atoms with Crippen LogP contribution in [0.4, 0.5) is 0 Å². The van der Waals surface area contributed by atoms with Gasteiger partial charge in [-0.25, -0.2) is 4.79 Å². The molecule has 0 aliphatic carbocycles. The normalized spacial score (nSPS) is 15.5. The van der Waals surface area contributed by atoms with Crippen LogP contribution in [0.3, 0.4) is 0 Å². The van der Waals surface area contributed by atoms with Gasteiger partial charge in [0.1, 0.15) is 5.69 Å². The number of fused-ring (bicyclic) bond motifs is 1. The highest BCUT2D eigenvalue weighted by molar-refractivity contribution is 6.00. The number of aromatic amines is 1. The molecular weight excluding hydrogens is 330 g/mol. The minimum atomic E-state index is -1.00. The molecule has 130 valence electrons. The number of carboxylic acid groups (broad SMARTS) is 1. The predicted molar refractivity (Wildman–Crippen MR) is 95.1 cm³/mol. The first kappa shape index (κ1) is 18.3. The number of hydrogen-bond donors (Lipinski definition) is 2. The van der Waals surface area contributed by atoms with Gasteiger partial charge in [0.2, 0.25) is 0 Å². The van der Waals surface area contributed by atoms with Crippen molar-refractivity contribution < 1.29 is 14.7 Å². The van der Waals surface area contributed by atoms with Crippen molar-refractivity contribution in [3.63, 3.8) is 0 Å². The number of hydrogen-bond acceptors (Lipinski definition) is 3. The number of H-pyrrole nitrogens is 1. The number of nitrogens with zero attached hydrogens (tertiary/aromatic N) is 2. The van der Waals surface area contributed by atoms with Gasteiger partial charge in [-0.15, -0.1) is 12.4 Å². The Kier molecular flexibility index (Phi) is 5.51. The van der Waals surface area contributed by atoms with Crippen molar-refractivity contribution in [2.45, 2.75) is 19.9 Å². The van der Waals surface area contributed by atoms with Crippen molar-refractivity contribution in [1.29, 1.82) is 0 Å². The third-order valence-electron chi connectivity index (χ3n) is 4.43. The Labute approximate surface area is 146 Å². The summed E-state index contributed by atoms with van der Waals surface area (Å²) in [6.45, 7) is 7.55. The van der Waals surface area contributed by atoms with Gasteiger partial charge in [-0.2, -0.15) is 0 Å². The molecule has 0 atom stereocenters. The van der Waals surface area contributed by atoms with Gasteiger partial charge in [0.15, 0.2) is 0 Å². The molecule has 0 unspecified atom stereocenters. The molecule has 0 bridgehead atoms. The number of piperazine rings is 1. The number of aromatic nitrogens is 1. The molecule has 1 aromatic heterocycles. The molecule has 7 heteroatoms. The second-order valence-corrected chi connectivity index (χ2v) is 6.21. The van der Waals surface area contributed by atoms with Gasteiger partial charge in [0.25, 0.3) is 5.91 Å². The van der Waals surface area contributed by atoms with Gasteiger partial charge in [-0.1, -0.05) is 0 Å². The lowest BCUT2D eigenvalue weighted by Crippen LogP contribution is -2.50. The average Bonchev–Trinajstić information content (AvgIpc) is 2.97. The van der Waals surface area contributed by atoms with Crippen LogP contribution >= 0.6 is 12.4 Å². The summed E-state index contributed by atoms with van der Waals surface area (Å²) in [5.41, 5.74) is 1.46. The van der Waals surface area contributed by atoms with Crippen molar-refractivity contribution in [3.05, 3.63) is 35.5 Å². The Balaban J connectivity index is 0.00000208. The zero-order chi connectivity index (χ0) is 16.6. The van der Waals surface area contributed by atoms with Crippen LogP contribution in [-0.2, 0) is 0 Å². The molecule has 6 nitrogen and oxygen atoms in total. The first-order valence-corrected chi connectivity index (χ1v) is 7.85. The maximum absolute atomic E-state index is 12.6. The zero-order valence-electron chi connectivity index (χ0n) is 13.8. The quantitative estimate of drug-likeness (QED) is 0.890. The summed E-state index contributed by atoms with van der Waals surface area (Å²) in [4.78, 5) is 30.7. The van der Waals surface area contributed by atoms with Crippen molar-refractivity contribution in [2.24, 2.45) is 0 Å². The van der Waals surface area contributed by atoms with Crippen LogP contribution in [0.15, 0.2) is 24.3 Å². The molecule has 2 heterocycles. The van der Waals surface area contributed by atoms with Crippen molar-refractivity contribution >= 4 is 35.2 Å². The van der Waals surface area contributed by atoms with E-state index in [2.05, 4.69) is 23.7 Å². The van der Waals surface area contributed by atoms with Gasteiger partial charge in [-0.05, 0) is 38.1 Å². The largest absolute Gasteiger partial charge is 0.477 e. The minimum absolute atomic E-state index is 0. The molecule has 24 heavy (non-hydrogen) atoms. The van der Waals surface area contributed by atoms with Crippen LogP contribution in [0, 0.1) is 0 Å². The van der Waals surface area contributed by atoms with Gasteiger partial charge in [0.05, 0.1) is 0 Å². The molecule has 0 spiro atoms. The number of rotatable bonds is 3. The molecule has 1 fully saturated rings. The number of nitrogens with one attached hydrogen (secondary N) is 1. The molecule has 2 aromatic rings. The summed E-state index contributed by atoms with van der Waals surface area (Å²) in [6, 6.07) is 7.33. The Morgan fingerprint density at radius 1 is 1.12 bits per heavy atom. The topological polar surface area (TPSA) is 76.6 Å². The van der Waals surface area contributed by atoms with Crippen molar-refractivity contribution in [3.8, 4) is 0 Å². The van der Waals surface area contributed by atoms with Crippen molar-refractivity contribution in [1.82, 2.24) is 14.8 Å². The van der Waals surface area contributed by atoms with E-state index in [1.165, 1.54) is 0 Å². The van der Waals surface area contributed by atoms with Crippen LogP contribution in [0.1, 0.15) is 34.7 Å². The van der Waals surface area contributed by atoms with Crippen molar-refractivity contribution in [2.75, 3.05) is 26.2 Å². The first-order valence-electron chi connectivity index (χ1n) is 7.85. The third kappa shape index (κ3) is 3.55. The molecule has 1 aromatic carbocycles. The number of carboxylic acids is 1. The Bertz CT molecular complexity index is 749. The van der Waals surface area contributed by atoms with E-state index in [0.717, 1.165) is 37.1 Å². The summed E-state index contributed by atoms with van der Waals surface area (Å²) in [5.74, 6) is -0.993. The number of amides is 1. The smallest absolute Gasteiger partial charge is 0.352 e. The molecule has 1 amide bonds. The van der Waals surface area contributed by atoms with E-state index in [1.54, 1.807) is 24.3 Å². The molecule has 0 saturated carbocycles. The van der Waals surface area contributed by atoms with Gasteiger partial charge < -0.3 is 15.0 Å². The molecule has 1 aliphatic rings. The highest BCUT2D eigenvalue weighted by Crippen LogP contribution is 2.19. The second kappa shape index (κ2) is 7.23. The molecule has 1 aliphatic heterocycles. The Hall–Kier alpha value is -2.05. The molecule has 1 saturated heterocycles. The fraction of sp³-hybridized carbons (Fsp3) is 0.412. The Morgan fingerprint density at radius 3 is 2.38 bits per heavy atom. The highest BCUT2D eigenvalue weighted by Gasteiger charge is 2.23. The van der Waals surface area contributed by atoms with Crippen LogP contribution in [0.25, 0.3) is 10.9 Å². The van der Waals surface area contributed by atoms with E-state index < -0.39 is 5.97 Å². The van der Waals surface area contributed by atoms with E-state index >= 15 is 0 Å². The lowest BCUT2D eigenvalue weighted by atomic mass is 10.1. The number of aromatic carboxylic acids is 1. The lowest BCUT2D eigenvalue weighted by Gasteiger charge is -2.37. The van der Waals surface area contributed by atoms with Gasteiger partial charge in [0, 0.05) is 48.7 Å². The second-order valence-electron chi connectivity index (χ2n) is 6.21. The molecule has 3 rings (SSSR count). The summed E-state index contributed by atoms with van der Waals surface area (Å²) in [5, 5.41) is 9.77. The standard InChI is InChI=1S/C17H21N3O3.ClH/c1-11(2)19-5-7-20(8-6-19)16(21)12-3-4-14-13(9-12)10-15(18-14)17(22)23;/h3-4,9-11,18H,5-8H2,1-2H3,(H,22,23);1H. The van der Waals surface area contributed by atoms with Crippen LogP contribution in [0.5, 0.6) is 0 Å². The minimum Gasteiger partial charge on any atom is -0.477 e. The van der Waals surface area contributed by atoms with Gasteiger partial charge in [-0.3, -0.25) is 9.69 Å². The predicted octanol–water partition coefficient (Wildman–Crippen LogP) is 2.45. The van der Waals surface area contributed by atoms with Crippen LogP contribution < -0.4 is 0 Å². The third-order valence-corrected chi connectivity index (χ3v) is 4.43. The molecule has 0 radical (unpaired) electrons. The first-order chi connectivity index (χ1) is 11.0. The molecule has 2 N–H and O–H groups in total. The summed E-state index contributed by atoms with van der Waals surface area (Å²) in [7, 11) is 0. The average molecular weight is 352 g/mol. The van der Waals surface area contributed by atoms with E-state index in [0.29, 0.717) is 11.6 Å². The van der Waals surface area contributed by atoms with E-state index in [9.17, 15) is 9.59 Å². The number of halogens is 1. The van der Waals surface area contributed by atoms with Crippen LogP contribution in [0.2, 0.25) is 0 Å². The van der Waals surface area contributed by atoms with Gasteiger partial charge >= 0.3 is 5.97 Å². The highest BCUT2D eigenvalue weighted by atomic mass is 35.5. The maximum Gasteiger partial charge on any atom is 0.352 e. The summed E-state index contributed by atoms with van der Waals surface area (Å²) >= 11 is 0. The van der Waals surface area contributed by atoms with E-state index in [-0.39, 0.29) is 24.0 Å². The lowest BCUT2D eigenvalue weighted by molar-refractivity contribution is 0.0595. The monoisotopic (exact) mass is 351 g/mol. The van der Waals surface area contributed by atoms with Crippen LogP contribution in [-0.4, -0.2) is 64.0 Å². The summed E-state index contributed by atoms with van der Waals surface area (Å²) in [6.07, 6.45) is 0. The number of carbonyl (C=O) groups excluding carboxylic acids is 1. The maximum atomic E-state index is 12.6. The fourth-order valence-electron chi connectivity index (χ4n) is 3.00.